The van der Waals surface area contributed by atoms with Gasteiger partial charge in [-0.25, -0.2) is 12.7 Å². The van der Waals surface area contributed by atoms with Crippen LogP contribution >= 0.6 is 11.8 Å². The van der Waals surface area contributed by atoms with Crippen LogP contribution in [0.4, 0.5) is 0 Å². The lowest BCUT2D eigenvalue weighted by Gasteiger charge is -2.36. The Bertz CT molecular complexity index is 830. The van der Waals surface area contributed by atoms with E-state index < -0.39 is 10.0 Å². The molecule has 1 aromatic carbocycles. The van der Waals surface area contributed by atoms with Gasteiger partial charge in [0.25, 0.3) is 0 Å². The first-order valence-corrected chi connectivity index (χ1v) is 12.4. The molecule has 28 heavy (non-hydrogen) atoms. The van der Waals surface area contributed by atoms with E-state index >= 15 is 0 Å². The zero-order chi connectivity index (χ0) is 20.4. The van der Waals surface area contributed by atoms with Crippen molar-refractivity contribution in [2.75, 3.05) is 24.6 Å². The fourth-order valence-electron chi connectivity index (χ4n) is 3.63. The third-order valence-corrected chi connectivity index (χ3v) is 8.67. The molecule has 0 saturated carbocycles. The molecule has 0 aromatic heterocycles. The Labute approximate surface area is 172 Å². The summed E-state index contributed by atoms with van der Waals surface area (Å²) in [5.74, 6) is 0.853. The highest BCUT2D eigenvalue weighted by Gasteiger charge is 2.44. The van der Waals surface area contributed by atoms with Crippen LogP contribution < -0.4 is 0 Å². The molecule has 1 aromatic rings. The van der Waals surface area contributed by atoms with Crippen LogP contribution in [0.1, 0.15) is 39.2 Å². The first-order chi connectivity index (χ1) is 13.2. The number of carbonyl (C=O) groups is 1. The number of amides is 1. The van der Waals surface area contributed by atoms with Gasteiger partial charge in [-0.15, -0.1) is 0 Å². The second-order valence-electron chi connectivity index (χ2n) is 7.93. The molecule has 8 heteroatoms. The van der Waals surface area contributed by atoms with Gasteiger partial charge in [0.05, 0.1) is 17.8 Å². The molecule has 2 saturated heterocycles. The number of nitrogens with zero attached hydrogens (tertiary/aromatic N) is 3. The molecule has 0 bridgehead atoms. The maximum Gasteiger partial charge on any atom is 0.232 e. The Balaban J connectivity index is 1.71. The van der Waals surface area contributed by atoms with Crippen LogP contribution in [-0.2, 0) is 21.4 Å². The highest BCUT2D eigenvalue weighted by Crippen LogP contribution is 2.36. The van der Waals surface area contributed by atoms with Gasteiger partial charge >= 0.3 is 0 Å². The van der Waals surface area contributed by atoms with Gasteiger partial charge in [0.1, 0.15) is 0 Å². The van der Waals surface area contributed by atoms with E-state index in [0.717, 1.165) is 16.5 Å². The van der Waals surface area contributed by atoms with Gasteiger partial charge in [-0.2, -0.15) is 0 Å². The van der Waals surface area contributed by atoms with E-state index in [4.69, 9.17) is 4.99 Å². The minimum Gasteiger partial charge on any atom is -0.285 e. The maximum atomic E-state index is 13.3. The molecule has 2 aliphatic rings. The van der Waals surface area contributed by atoms with Crippen molar-refractivity contribution in [3.05, 3.63) is 35.9 Å². The number of aliphatic imine (C=N–C) groups is 1. The van der Waals surface area contributed by atoms with E-state index in [9.17, 15) is 13.2 Å². The first kappa shape index (κ1) is 21.3. The van der Waals surface area contributed by atoms with Crippen LogP contribution in [0.3, 0.4) is 0 Å². The molecule has 0 aliphatic carbocycles. The van der Waals surface area contributed by atoms with Gasteiger partial charge in [0.2, 0.25) is 15.9 Å². The molecule has 0 N–H and O–H groups in total. The Morgan fingerprint density at radius 2 is 1.86 bits per heavy atom. The van der Waals surface area contributed by atoms with E-state index in [2.05, 4.69) is 13.8 Å². The van der Waals surface area contributed by atoms with Gasteiger partial charge in [0, 0.05) is 24.8 Å². The third kappa shape index (κ3) is 4.60. The third-order valence-electron chi connectivity index (χ3n) is 5.37. The van der Waals surface area contributed by atoms with Crippen LogP contribution in [0.2, 0.25) is 0 Å². The van der Waals surface area contributed by atoms with Crippen molar-refractivity contribution >= 4 is 32.9 Å². The number of sulfonamides is 1. The quantitative estimate of drug-likeness (QED) is 0.730. The van der Waals surface area contributed by atoms with E-state index in [-0.39, 0.29) is 23.1 Å². The fourth-order valence-corrected chi connectivity index (χ4v) is 5.99. The largest absolute Gasteiger partial charge is 0.285 e. The lowest BCUT2D eigenvalue weighted by atomic mass is 9.94. The number of benzene rings is 1. The van der Waals surface area contributed by atoms with Crippen LogP contribution in [0.5, 0.6) is 0 Å². The Morgan fingerprint density at radius 3 is 2.46 bits per heavy atom. The van der Waals surface area contributed by atoms with Crippen LogP contribution in [-0.4, -0.2) is 58.8 Å². The number of carbonyl (C=O) groups excluding carboxylic acids is 1. The fraction of sp³-hybridized carbons (Fsp3) is 0.600. The SMILES string of the molecule is CCS(=O)(=O)N1CCC(C(=O)N2C(=NCc3ccccc3)SCC2(C)C)CC1. The summed E-state index contributed by atoms with van der Waals surface area (Å²) in [6.07, 6.45) is 1.14. The van der Waals surface area contributed by atoms with Crippen molar-refractivity contribution in [3.8, 4) is 0 Å². The molecule has 0 atom stereocenters. The van der Waals surface area contributed by atoms with Crippen LogP contribution in [0.15, 0.2) is 35.3 Å². The van der Waals surface area contributed by atoms with E-state index in [0.29, 0.717) is 32.5 Å². The molecule has 6 nitrogen and oxygen atoms in total. The van der Waals surface area contributed by atoms with Crippen molar-refractivity contribution in [2.24, 2.45) is 10.9 Å². The van der Waals surface area contributed by atoms with Gasteiger partial charge in [-0.05, 0) is 39.2 Å². The Morgan fingerprint density at radius 1 is 1.21 bits per heavy atom. The molecule has 0 spiro atoms. The molecule has 0 unspecified atom stereocenters. The summed E-state index contributed by atoms with van der Waals surface area (Å²) in [5.41, 5.74) is 0.829. The van der Waals surface area contributed by atoms with Crippen LogP contribution in [0.25, 0.3) is 0 Å². The smallest absolute Gasteiger partial charge is 0.232 e. The van der Waals surface area contributed by atoms with Crippen molar-refractivity contribution in [1.29, 1.82) is 0 Å². The Kier molecular flexibility index (Phi) is 6.51. The van der Waals surface area contributed by atoms with Crippen molar-refractivity contribution < 1.29 is 13.2 Å². The number of hydrogen-bond acceptors (Lipinski definition) is 5. The molecule has 1 amide bonds. The number of thioether (sulfide) groups is 1. The normalized spacial score (nSPS) is 22.7. The summed E-state index contributed by atoms with van der Waals surface area (Å²) in [4.78, 5) is 19.9. The zero-order valence-corrected chi connectivity index (χ0v) is 18.4. The van der Waals surface area contributed by atoms with Gasteiger partial charge in [-0.1, -0.05) is 42.1 Å². The molecule has 154 valence electrons. The van der Waals surface area contributed by atoms with Gasteiger partial charge in [0.15, 0.2) is 5.17 Å². The predicted octanol–water partition coefficient (Wildman–Crippen LogP) is 2.96. The lowest BCUT2D eigenvalue weighted by molar-refractivity contribution is -0.135. The van der Waals surface area contributed by atoms with Crippen molar-refractivity contribution in [1.82, 2.24) is 9.21 Å². The number of hydrogen-bond donors (Lipinski definition) is 0. The molecule has 3 rings (SSSR count). The summed E-state index contributed by atoms with van der Waals surface area (Å²) < 4.78 is 25.7. The molecular formula is C20H29N3O3S2. The predicted molar refractivity (Wildman–Crippen MR) is 115 cm³/mol. The maximum absolute atomic E-state index is 13.3. The summed E-state index contributed by atoms with van der Waals surface area (Å²) in [6, 6.07) is 10.0. The number of rotatable bonds is 5. The zero-order valence-electron chi connectivity index (χ0n) is 16.8. The minimum atomic E-state index is -3.18. The summed E-state index contributed by atoms with van der Waals surface area (Å²) in [6.45, 7) is 7.19. The molecule has 2 heterocycles. The van der Waals surface area contributed by atoms with Crippen molar-refractivity contribution in [3.63, 3.8) is 0 Å². The lowest BCUT2D eigenvalue weighted by Crippen LogP contribution is -2.51. The topological polar surface area (TPSA) is 70.1 Å². The molecule has 0 radical (unpaired) electrons. The van der Waals surface area contributed by atoms with E-state index in [1.54, 1.807) is 18.7 Å². The average molecular weight is 424 g/mol. The summed E-state index contributed by atoms with van der Waals surface area (Å²) >= 11 is 1.63. The molecule has 2 fully saturated rings. The monoisotopic (exact) mass is 423 g/mol. The van der Waals surface area contributed by atoms with Crippen molar-refractivity contribution in [2.45, 2.75) is 45.7 Å². The number of amidine groups is 1. The molecule has 2 aliphatic heterocycles. The van der Waals surface area contributed by atoms with E-state index in [1.807, 2.05) is 35.2 Å². The number of piperidine rings is 1. The first-order valence-electron chi connectivity index (χ1n) is 9.77. The Hall–Kier alpha value is -1.38. The average Bonchev–Trinajstić information content (AvgIpc) is 3.01. The summed E-state index contributed by atoms with van der Waals surface area (Å²) in [5, 5.41) is 0.780. The molecular weight excluding hydrogens is 394 g/mol. The standard InChI is InChI=1S/C20H29N3O3S2/c1-4-28(25,26)22-12-10-17(11-13-22)18(24)23-19(27-15-20(23,2)3)21-14-16-8-6-5-7-9-16/h5-9,17H,4,10-15H2,1-3H3. The highest BCUT2D eigenvalue weighted by molar-refractivity contribution is 8.14. The highest BCUT2D eigenvalue weighted by atomic mass is 32.2. The minimum absolute atomic E-state index is 0.0790. The van der Waals surface area contributed by atoms with Gasteiger partial charge < -0.3 is 0 Å². The second kappa shape index (κ2) is 8.55. The van der Waals surface area contributed by atoms with Gasteiger partial charge in [-0.3, -0.25) is 14.7 Å². The summed E-state index contributed by atoms with van der Waals surface area (Å²) in [7, 11) is -3.18. The second-order valence-corrected chi connectivity index (χ2v) is 11.1. The van der Waals surface area contributed by atoms with Crippen LogP contribution in [0, 0.1) is 5.92 Å². The van der Waals surface area contributed by atoms with E-state index in [1.165, 1.54) is 4.31 Å².